The SMILES string of the molecule is CC.Cc1cc(C(=O)NNC(=O)c2ccc(F)cn2)nc(C)c1F. The van der Waals surface area contributed by atoms with Crippen molar-refractivity contribution in [2.45, 2.75) is 27.7 Å². The minimum absolute atomic E-state index is 0.0382. The second-order valence-corrected chi connectivity index (χ2v) is 4.49. The fourth-order valence-electron chi connectivity index (χ4n) is 1.68. The fraction of sp³-hybridized carbons (Fsp3) is 0.250. The molecule has 0 unspecified atom stereocenters. The predicted octanol–water partition coefficient (Wildman–Crippen LogP) is 2.47. The molecule has 0 aromatic carbocycles. The van der Waals surface area contributed by atoms with Gasteiger partial charge in [-0.3, -0.25) is 20.4 Å². The molecule has 8 heteroatoms. The lowest BCUT2D eigenvalue weighted by atomic mass is 10.2. The van der Waals surface area contributed by atoms with Crippen LogP contribution in [0.5, 0.6) is 0 Å². The molecular weight excluding hydrogens is 318 g/mol. The van der Waals surface area contributed by atoms with E-state index in [4.69, 9.17) is 0 Å². The Labute approximate surface area is 138 Å². The molecule has 24 heavy (non-hydrogen) atoms. The third-order valence-electron chi connectivity index (χ3n) is 2.79. The topological polar surface area (TPSA) is 84.0 Å². The Hall–Kier alpha value is -2.90. The Balaban J connectivity index is 0.00000139. The van der Waals surface area contributed by atoms with Gasteiger partial charge in [-0.25, -0.2) is 18.7 Å². The summed E-state index contributed by atoms with van der Waals surface area (Å²) in [5.41, 5.74) is 4.48. The van der Waals surface area contributed by atoms with E-state index < -0.39 is 23.4 Å². The summed E-state index contributed by atoms with van der Waals surface area (Å²) in [6.07, 6.45) is 0.880. The number of hydrogen-bond donors (Lipinski definition) is 2. The maximum absolute atomic E-state index is 13.4. The molecule has 0 bridgehead atoms. The Morgan fingerprint density at radius 3 is 2.08 bits per heavy atom. The van der Waals surface area contributed by atoms with Gasteiger partial charge in [0.05, 0.1) is 11.9 Å². The number of nitrogens with zero attached hydrogens (tertiary/aromatic N) is 2. The van der Waals surface area contributed by atoms with Crippen LogP contribution < -0.4 is 10.9 Å². The van der Waals surface area contributed by atoms with Gasteiger partial charge < -0.3 is 0 Å². The number of aromatic nitrogens is 2. The van der Waals surface area contributed by atoms with Crippen LogP contribution in [0.1, 0.15) is 46.1 Å². The largest absolute Gasteiger partial charge is 0.288 e. The molecule has 0 saturated heterocycles. The van der Waals surface area contributed by atoms with Gasteiger partial charge in [-0.2, -0.15) is 0 Å². The number of aryl methyl sites for hydroxylation is 2. The van der Waals surface area contributed by atoms with E-state index in [0.717, 1.165) is 12.3 Å². The summed E-state index contributed by atoms with van der Waals surface area (Å²) < 4.78 is 26.1. The van der Waals surface area contributed by atoms with Crippen molar-refractivity contribution in [1.82, 2.24) is 20.8 Å². The molecule has 2 aromatic heterocycles. The van der Waals surface area contributed by atoms with Crippen LogP contribution in [-0.2, 0) is 0 Å². The van der Waals surface area contributed by atoms with Gasteiger partial charge in [0.1, 0.15) is 23.0 Å². The van der Waals surface area contributed by atoms with Gasteiger partial charge in [0.25, 0.3) is 11.8 Å². The number of halogens is 2. The molecule has 0 aliphatic rings. The average Bonchev–Trinajstić information content (AvgIpc) is 2.59. The van der Waals surface area contributed by atoms with Crippen LogP contribution in [0.15, 0.2) is 24.4 Å². The summed E-state index contributed by atoms with van der Waals surface area (Å²) in [5, 5.41) is 0. The van der Waals surface area contributed by atoms with Crippen molar-refractivity contribution in [3.05, 3.63) is 58.7 Å². The Morgan fingerprint density at radius 2 is 1.58 bits per heavy atom. The average molecular weight is 336 g/mol. The molecule has 6 nitrogen and oxygen atoms in total. The highest BCUT2D eigenvalue weighted by Crippen LogP contribution is 2.10. The highest BCUT2D eigenvalue weighted by Gasteiger charge is 2.14. The second kappa shape index (κ2) is 8.66. The van der Waals surface area contributed by atoms with E-state index in [9.17, 15) is 18.4 Å². The first-order chi connectivity index (χ1) is 11.4. The lowest BCUT2D eigenvalue weighted by Gasteiger charge is -2.08. The first-order valence-corrected chi connectivity index (χ1v) is 7.24. The summed E-state index contributed by atoms with van der Waals surface area (Å²) in [5.74, 6) is -2.50. The van der Waals surface area contributed by atoms with Crippen molar-refractivity contribution in [2.24, 2.45) is 0 Å². The van der Waals surface area contributed by atoms with Gasteiger partial charge in [0, 0.05) is 0 Å². The summed E-state index contributed by atoms with van der Waals surface area (Å²) in [6, 6.07) is 3.50. The van der Waals surface area contributed by atoms with E-state index >= 15 is 0 Å². The standard InChI is InChI=1S/C14H12F2N4O2.C2H6/c1-7-5-11(18-8(2)12(7)16)14(22)20-19-13(21)10-4-3-9(15)6-17-10;1-2/h3-6H,1-2H3,(H,19,21)(H,20,22);1-2H3. The van der Waals surface area contributed by atoms with Gasteiger partial charge >= 0.3 is 0 Å². The van der Waals surface area contributed by atoms with E-state index in [0.29, 0.717) is 0 Å². The number of nitrogens with one attached hydrogen (secondary N) is 2. The summed E-state index contributed by atoms with van der Waals surface area (Å²) in [7, 11) is 0. The quantitative estimate of drug-likeness (QED) is 0.825. The number of amides is 2. The maximum atomic E-state index is 13.4. The number of rotatable bonds is 2. The number of carbonyl (C=O) groups excluding carboxylic acids is 2. The van der Waals surface area contributed by atoms with Crippen LogP contribution in [-0.4, -0.2) is 21.8 Å². The maximum Gasteiger partial charge on any atom is 0.288 e. The monoisotopic (exact) mass is 336 g/mol. The molecule has 0 atom stereocenters. The molecule has 0 fully saturated rings. The zero-order chi connectivity index (χ0) is 18.3. The molecule has 0 radical (unpaired) electrons. The number of carbonyl (C=O) groups is 2. The molecular formula is C16H18F2N4O2. The summed E-state index contributed by atoms with van der Waals surface area (Å²) in [6.45, 7) is 6.93. The Morgan fingerprint density at radius 1 is 1.00 bits per heavy atom. The van der Waals surface area contributed by atoms with E-state index in [1.807, 2.05) is 13.8 Å². The van der Waals surface area contributed by atoms with E-state index in [2.05, 4.69) is 20.8 Å². The second-order valence-electron chi connectivity index (χ2n) is 4.49. The van der Waals surface area contributed by atoms with Crippen LogP contribution in [0.25, 0.3) is 0 Å². The van der Waals surface area contributed by atoms with Crippen molar-refractivity contribution in [1.29, 1.82) is 0 Å². The lowest BCUT2D eigenvalue weighted by molar-refractivity contribution is 0.0841. The molecule has 2 rings (SSSR count). The highest BCUT2D eigenvalue weighted by atomic mass is 19.1. The molecule has 0 aliphatic heterocycles. The number of hydrazine groups is 1. The smallest absolute Gasteiger partial charge is 0.266 e. The van der Waals surface area contributed by atoms with E-state index in [1.54, 1.807) is 0 Å². The van der Waals surface area contributed by atoms with Crippen LogP contribution in [0.3, 0.4) is 0 Å². The molecule has 2 heterocycles. The third-order valence-corrected chi connectivity index (χ3v) is 2.79. The van der Waals surface area contributed by atoms with E-state index in [-0.39, 0.29) is 22.6 Å². The van der Waals surface area contributed by atoms with Gasteiger partial charge in [-0.05, 0) is 37.6 Å². The molecule has 0 saturated carbocycles. The van der Waals surface area contributed by atoms with E-state index in [1.165, 1.54) is 26.0 Å². The Kier molecular flexibility index (Phi) is 6.91. The van der Waals surface area contributed by atoms with Crippen LogP contribution in [0.2, 0.25) is 0 Å². The van der Waals surface area contributed by atoms with Gasteiger partial charge in [0.15, 0.2) is 0 Å². The molecule has 2 amide bonds. The molecule has 2 N–H and O–H groups in total. The van der Waals surface area contributed by atoms with Gasteiger partial charge in [0.2, 0.25) is 0 Å². The summed E-state index contributed by atoms with van der Waals surface area (Å²) >= 11 is 0. The van der Waals surface area contributed by atoms with Gasteiger partial charge in [-0.15, -0.1) is 0 Å². The van der Waals surface area contributed by atoms with Crippen molar-refractivity contribution in [3.8, 4) is 0 Å². The molecule has 0 aliphatic carbocycles. The van der Waals surface area contributed by atoms with Gasteiger partial charge in [-0.1, -0.05) is 13.8 Å². The molecule has 0 spiro atoms. The number of pyridine rings is 2. The zero-order valence-electron chi connectivity index (χ0n) is 13.8. The first-order valence-electron chi connectivity index (χ1n) is 7.24. The van der Waals surface area contributed by atoms with Crippen molar-refractivity contribution < 1.29 is 18.4 Å². The highest BCUT2D eigenvalue weighted by molar-refractivity contribution is 5.97. The first kappa shape index (κ1) is 19.1. The zero-order valence-corrected chi connectivity index (χ0v) is 13.8. The normalized spacial score (nSPS) is 9.58. The minimum Gasteiger partial charge on any atom is -0.266 e. The minimum atomic E-state index is -0.719. The third kappa shape index (κ3) is 4.80. The van der Waals surface area contributed by atoms with Crippen molar-refractivity contribution in [3.63, 3.8) is 0 Å². The Bertz CT molecular complexity index is 710. The fourth-order valence-corrected chi connectivity index (χ4v) is 1.68. The predicted molar refractivity (Wildman–Crippen MR) is 84.1 cm³/mol. The molecule has 128 valence electrons. The van der Waals surface area contributed by atoms with Crippen LogP contribution in [0.4, 0.5) is 8.78 Å². The summed E-state index contributed by atoms with van der Waals surface area (Å²) in [4.78, 5) is 30.9. The molecule has 2 aromatic rings. The number of hydrogen-bond acceptors (Lipinski definition) is 4. The van der Waals surface area contributed by atoms with Crippen molar-refractivity contribution in [2.75, 3.05) is 0 Å². The lowest BCUT2D eigenvalue weighted by Crippen LogP contribution is -2.42. The van der Waals surface area contributed by atoms with Crippen molar-refractivity contribution >= 4 is 11.8 Å². The van der Waals surface area contributed by atoms with Crippen LogP contribution in [0, 0.1) is 25.5 Å². The van der Waals surface area contributed by atoms with Crippen LogP contribution >= 0.6 is 0 Å².